The first-order valence-corrected chi connectivity index (χ1v) is 8.72. The normalized spacial score (nSPS) is 14.7. The van der Waals surface area contributed by atoms with Crippen molar-refractivity contribution in [3.63, 3.8) is 0 Å². The van der Waals surface area contributed by atoms with Crippen LogP contribution in [-0.2, 0) is 6.42 Å². The van der Waals surface area contributed by atoms with Gasteiger partial charge in [-0.15, -0.1) is 0 Å². The van der Waals surface area contributed by atoms with Crippen molar-refractivity contribution in [3.05, 3.63) is 53.5 Å². The van der Waals surface area contributed by atoms with Gasteiger partial charge in [0, 0.05) is 29.3 Å². The second-order valence-electron chi connectivity index (χ2n) is 6.39. The Kier molecular flexibility index (Phi) is 4.16. The number of carbonyl (C=O) groups excluding carboxylic acids is 1. The molecule has 26 heavy (non-hydrogen) atoms. The Morgan fingerprint density at radius 3 is 3.04 bits per heavy atom. The van der Waals surface area contributed by atoms with Gasteiger partial charge in [0.05, 0.1) is 17.6 Å². The van der Waals surface area contributed by atoms with Gasteiger partial charge >= 0.3 is 0 Å². The number of aryl methyl sites for hydroxylation is 1. The minimum Gasteiger partial charge on any atom is -0.449 e. The molecular weight excluding hydrogens is 330 g/mol. The summed E-state index contributed by atoms with van der Waals surface area (Å²) >= 11 is 0. The molecule has 6 nitrogen and oxygen atoms in total. The molecule has 0 amide bonds. The van der Waals surface area contributed by atoms with Crippen LogP contribution in [0.5, 0.6) is 0 Å². The molecule has 2 heterocycles. The van der Waals surface area contributed by atoms with Gasteiger partial charge in [0.1, 0.15) is 0 Å². The molecule has 0 aliphatic heterocycles. The fraction of sp³-hybridized carbons (Fsp3) is 0.250. The lowest BCUT2D eigenvalue weighted by atomic mass is 10.1. The first-order chi connectivity index (χ1) is 12.7. The van der Waals surface area contributed by atoms with Crippen LogP contribution in [0.25, 0.3) is 11.0 Å². The van der Waals surface area contributed by atoms with E-state index in [4.69, 9.17) is 9.62 Å². The maximum absolute atomic E-state index is 12.5. The van der Waals surface area contributed by atoms with Gasteiger partial charge in [0.15, 0.2) is 17.1 Å². The third-order valence-electron chi connectivity index (χ3n) is 4.66. The number of hydrogen-bond donors (Lipinski definition) is 2. The SMILES string of the molecule is CCCC(=O)c1oc2cnccc2c1Nc1ccc2c(c1)CCC2=NO. The molecule has 132 valence electrons. The number of nitrogens with zero attached hydrogens (tertiary/aromatic N) is 2. The molecule has 0 spiro atoms. The monoisotopic (exact) mass is 349 g/mol. The molecule has 0 radical (unpaired) electrons. The van der Waals surface area contributed by atoms with Crippen LogP contribution >= 0.6 is 0 Å². The highest BCUT2D eigenvalue weighted by Gasteiger charge is 2.22. The third-order valence-corrected chi connectivity index (χ3v) is 4.66. The molecule has 2 aromatic heterocycles. The average molecular weight is 349 g/mol. The van der Waals surface area contributed by atoms with Crippen molar-refractivity contribution in [1.82, 2.24) is 4.98 Å². The van der Waals surface area contributed by atoms with Crippen LogP contribution in [0, 0.1) is 0 Å². The van der Waals surface area contributed by atoms with Gasteiger partial charge in [0.2, 0.25) is 0 Å². The smallest absolute Gasteiger partial charge is 0.200 e. The van der Waals surface area contributed by atoms with Crippen LogP contribution in [0.2, 0.25) is 0 Å². The first kappa shape index (κ1) is 16.3. The van der Waals surface area contributed by atoms with E-state index in [2.05, 4.69) is 15.5 Å². The van der Waals surface area contributed by atoms with Gasteiger partial charge in [-0.3, -0.25) is 9.78 Å². The summed E-state index contributed by atoms with van der Waals surface area (Å²) in [5, 5.41) is 16.6. The van der Waals surface area contributed by atoms with Crippen LogP contribution < -0.4 is 5.32 Å². The lowest BCUT2D eigenvalue weighted by Gasteiger charge is -2.09. The van der Waals surface area contributed by atoms with Gasteiger partial charge in [0.25, 0.3) is 0 Å². The van der Waals surface area contributed by atoms with E-state index in [1.165, 1.54) is 0 Å². The standard InChI is InChI=1S/C20H19N3O3/c1-2-3-17(24)20-19(15-8-9-21-11-18(15)26-20)22-13-5-6-14-12(10-13)4-7-16(14)23-25/h5-6,8-11,22,25H,2-4,7H2,1H3. The molecule has 3 aromatic rings. The summed E-state index contributed by atoms with van der Waals surface area (Å²) < 4.78 is 5.79. The molecule has 0 saturated heterocycles. The van der Waals surface area contributed by atoms with Gasteiger partial charge < -0.3 is 14.9 Å². The summed E-state index contributed by atoms with van der Waals surface area (Å²) in [6.45, 7) is 1.97. The summed E-state index contributed by atoms with van der Waals surface area (Å²) in [6.07, 6.45) is 6.07. The van der Waals surface area contributed by atoms with Crippen molar-refractivity contribution in [2.75, 3.05) is 5.32 Å². The fourth-order valence-electron chi connectivity index (χ4n) is 3.41. The van der Waals surface area contributed by atoms with Crippen molar-refractivity contribution < 1.29 is 14.4 Å². The number of fused-ring (bicyclic) bond motifs is 2. The molecule has 1 aliphatic rings. The number of furan rings is 1. The molecular formula is C20H19N3O3. The second-order valence-corrected chi connectivity index (χ2v) is 6.39. The molecule has 4 rings (SSSR count). The highest BCUT2D eigenvalue weighted by Crippen LogP contribution is 2.35. The summed E-state index contributed by atoms with van der Waals surface area (Å²) in [5.74, 6) is 0.315. The largest absolute Gasteiger partial charge is 0.449 e. The van der Waals surface area contributed by atoms with Gasteiger partial charge in [-0.1, -0.05) is 18.1 Å². The maximum Gasteiger partial charge on any atom is 0.200 e. The first-order valence-electron chi connectivity index (χ1n) is 8.72. The summed E-state index contributed by atoms with van der Waals surface area (Å²) in [7, 11) is 0. The van der Waals surface area contributed by atoms with E-state index in [0.29, 0.717) is 29.2 Å². The van der Waals surface area contributed by atoms with Crippen LogP contribution in [0.3, 0.4) is 0 Å². The molecule has 0 fully saturated rings. The summed E-state index contributed by atoms with van der Waals surface area (Å²) in [5.41, 5.74) is 4.94. The quantitative estimate of drug-likeness (QED) is 0.397. The zero-order chi connectivity index (χ0) is 18.1. The lowest BCUT2D eigenvalue weighted by Crippen LogP contribution is -2.02. The summed E-state index contributed by atoms with van der Waals surface area (Å²) in [4.78, 5) is 16.6. The third kappa shape index (κ3) is 2.73. The Morgan fingerprint density at radius 2 is 2.23 bits per heavy atom. The molecule has 0 unspecified atom stereocenters. The number of oxime groups is 1. The predicted molar refractivity (Wildman–Crippen MR) is 99.6 cm³/mol. The van der Waals surface area contributed by atoms with E-state index in [-0.39, 0.29) is 5.78 Å². The fourth-order valence-corrected chi connectivity index (χ4v) is 3.41. The Hall–Kier alpha value is -3.15. The molecule has 0 bridgehead atoms. The second kappa shape index (κ2) is 6.63. The number of benzene rings is 1. The van der Waals surface area contributed by atoms with E-state index < -0.39 is 0 Å². The predicted octanol–water partition coefficient (Wildman–Crippen LogP) is 4.68. The topological polar surface area (TPSA) is 87.7 Å². The molecule has 6 heteroatoms. The molecule has 0 saturated carbocycles. The van der Waals surface area contributed by atoms with Gasteiger partial charge in [-0.05, 0) is 43.0 Å². The summed E-state index contributed by atoms with van der Waals surface area (Å²) in [6, 6.07) is 7.73. The number of nitrogens with one attached hydrogen (secondary N) is 1. The van der Waals surface area contributed by atoms with Crippen LogP contribution in [0.15, 0.2) is 46.2 Å². The number of Topliss-reactive ketones (excluding diaryl/α,β-unsaturated/α-hetero) is 1. The Balaban J connectivity index is 1.75. The number of aromatic nitrogens is 1. The van der Waals surface area contributed by atoms with E-state index in [0.717, 1.165) is 41.5 Å². The number of carbonyl (C=O) groups is 1. The van der Waals surface area contributed by atoms with Crippen molar-refractivity contribution in [2.45, 2.75) is 32.6 Å². The average Bonchev–Trinajstić information content (AvgIpc) is 3.23. The van der Waals surface area contributed by atoms with E-state index >= 15 is 0 Å². The van der Waals surface area contributed by atoms with Crippen LogP contribution in [0.1, 0.15) is 47.9 Å². The number of anilines is 2. The van der Waals surface area contributed by atoms with E-state index in [1.807, 2.05) is 31.2 Å². The minimum atomic E-state index is -0.0259. The Bertz CT molecular complexity index is 1020. The maximum atomic E-state index is 12.5. The van der Waals surface area contributed by atoms with Crippen molar-refractivity contribution in [1.29, 1.82) is 0 Å². The molecule has 0 atom stereocenters. The van der Waals surface area contributed by atoms with Gasteiger partial charge in [-0.25, -0.2) is 0 Å². The lowest BCUT2D eigenvalue weighted by molar-refractivity contribution is 0.0958. The highest BCUT2D eigenvalue weighted by atomic mass is 16.4. The Labute approximate surface area is 150 Å². The van der Waals surface area contributed by atoms with Crippen LogP contribution in [0.4, 0.5) is 11.4 Å². The zero-order valence-corrected chi connectivity index (χ0v) is 14.5. The van der Waals surface area contributed by atoms with Crippen LogP contribution in [-0.4, -0.2) is 21.7 Å². The van der Waals surface area contributed by atoms with Gasteiger partial charge in [-0.2, -0.15) is 0 Å². The van der Waals surface area contributed by atoms with E-state index in [1.54, 1.807) is 12.4 Å². The molecule has 1 aliphatic carbocycles. The number of ketones is 1. The highest BCUT2D eigenvalue weighted by molar-refractivity contribution is 6.08. The number of pyridine rings is 1. The number of hydrogen-bond acceptors (Lipinski definition) is 6. The minimum absolute atomic E-state index is 0.0259. The van der Waals surface area contributed by atoms with Crippen molar-refractivity contribution in [2.24, 2.45) is 5.16 Å². The van der Waals surface area contributed by atoms with Crippen molar-refractivity contribution in [3.8, 4) is 0 Å². The Morgan fingerprint density at radius 1 is 1.35 bits per heavy atom. The molecule has 1 aromatic carbocycles. The zero-order valence-electron chi connectivity index (χ0n) is 14.5. The van der Waals surface area contributed by atoms with E-state index in [9.17, 15) is 4.79 Å². The number of rotatable bonds is 5. The molecule has 2 N–H and O–H groups in total. The van der Waals surface area contributed by atoms with Crippen molar-refractivity contribution >= 4 is 33.8 Å².